The van der Waals surface area contributed by atoms with Gasteiger partial charge in [0.15, 0.2) is 5.82 Å². The van der Waals surface area contributed by atoms with E-state index in [2.05, 4.69) is 10.2 Å². The van der Waals surface area contributed by atoms with E-state index in [0.717, 1.165) is 16.4 Å². The molecule has 7 nitrogen and oxygen atoms in total. The molecule has 0 bridgehead atoms. The molecule has 0 saturated carbocycles. The highest BCUT2D eigenvalue weighted by Gasteiger charge is 2.34. The van der Waals surface area contributed by atoms with Crippen molar-refractivity contribution < 1.29 is 27.1 Å². The number of anilines is 1. The molecule has 32 heavy (non-hydrogen) atoms. The third-order valence-corrected chi connectivity index (χ3v) is 5.20. The highest BCUT2D eigenvalue weighted by molar-refractivity contribution is 7.99. The van der Waals surface area contributed by atoms with Crippen LogP contribution in [0.4, 0.5) is 23.2 Å². The van der Waals surface area contributed by atoms with Crippen LogP contribution < -0.4 is 15.5 Å². The number of amides is 1. The molecule has 0 unspecified atom stereocenters. The van der Waals surface area contributed by atoms with Gasteiger partial charge in [-0.05, 0) is 48.5 Å². The maximum atomic E-state index is 13.0. The van der Waals surface area contributed by atoms with Gasteiger partial charge in [0.25, 0.3) is 0 Å². The van der Waals surface area contributed by atoms with E-state index in [0.29, 0.717) is 15.7 Å². The Bertz CT molecular complexity index is 1060. The van der Waals surface area contributed by atoms with E-state index in [1.54, 1.807) is 0 Å². The van der Waals surface area contributed by atoms with Crippen molar-refractivity contribution in [3.63, 3.8) is 0 Å². The number of rotatable bonds is 8. The average Bonchev–Trinajstić information content (AvgIpc) is 3.09. The molecule has 3 rings (SSSR count). The van der Waals surface area contributed by atoms with Crippen molar-refractivity contribution in [2.24, 2.45) is 0 Å². The lowest BCUT2D eigenvalue weighted by molar-refractivity contribution is -0.131. The maximum absolute atomic E-state index is 13.0. The molecule has 1 heterocycles. The third-order valence-electron chi connectivity index (χ3n) is 4.02. The van der Waals surface area contributed by atoms with E-state index in [1.807, 2.05) is 0 Å². The van der Waals surface area contributed by atoms with Crippen LogP contribution in [-0.4, -0.2) is 39.3 Å². The Labute approximate surface area is 189 Å². The van der Waals surface area contributed by atoms with E-state index < -0.39 is 24.4 Å². The molecule has 1 amide bonds. The number of benzene rings is 2. The van der Waals surface area contributed by atoms with Crippen molar-refractivity contribution in [2.75, 3.05) is 23.0 Å². The number of nitrogens with two attached hydrogens (primary N) is 1. The normalized spacial score (nSPS) is 11.4. The molecule has 170 valence electrons. The van der Waals surface area contributed by atoms with Crippen LogP contribution in [0.2, 0.25) is 5.02 Å². The van der Waals surface area contributed by atoms with Crippen molar-refractivity contribution in [1.82, 2.24) is 14.9 Å². The minimum atomic E-state index is -4.60. The summed E-state index contributed by atoms with van der Waals surface area (Å²) in [6.45, 7) is -1.55. The number of nitrogen functional groups attached to an aromatic ring is 1. The Morgan fingerprint density at radius 2 is 1.78 bits per heavy atom. The van der Waals surface area contributed by atoms with Gasteiger partial charge in [-0.1, -0.05) is 23.4 Å². The van der Waals surface area contributed by atoms with Gasteiger partial charge in [0.1, 0.15) is 24.7 Å². The smallest absolute Gasteiger partial charge is 0.406 e. The van der Waals surface area contributed by atoms with Crippen LogP contribution in [0, 0.1) is 5.82 Å². The fourth-order valence-electron chi connectivity index (χ4n) is 2.51. The number of nitrogens with zero attached hydrogens (tertiary/aromatic N) is 4. The second-order valence-corrected chi connectivity index (χ2v) is 7.75. The summed E-state index contributed by atoms with van der Waals surface area (Å²) in [5.41, 5.74) is 0.0555. The summed E-state index contributed by atoms with van der Waals surface area (Å²) < 4.78 is 58.4. The molecule has 3 aromatic rings. The molecule has 0 radical (unpaired) electrons. The molecule has 0 aliphatic heterocycles. The predicted octanol–water partition coefficient (Wildman–Crippen LogP) is 4.05. The van der Waals surface area contributed by atoms with Crippen molar-refractivity contribution >= 4 is 35.0 Å². The highest BCUT2D eigenvalue weighted by Crippen LogP contribution is 2.25. The van der Waals surface area contributed by atoms with Gasteiger partial charge in [0.05, 0.1) is 5.75 Å². The predicted molar refractivity (Wildman–Crippen MR) is 111 cm³/mol. The molecule has 0 aliphatic rings. The standard InChI is InChI=1S/C19H16ClF4N5O2S/c20-12-1-5-14(6-2-12)28(11-19(22,23)24)17(30)10-32-18-27-26-16(29(18)25)9-31-15-7-3-13(21)4-8-15/h1-8H,9-11,25H2. The number of halogens is 5. The van der Waals surface area contributed by atoms with Gasteiger partial charge in [-0.2, -0.15) is 13.2 Å². The average molecular weight is 490 g/mol. The summed E-state index contributed by atoms with van der Waals surface area (Å²) in [5, 5.41) is 8.12. The van der Waals surface area contributed by atoms with E-state index in [9.17, 15) is 22.4 Å². The summed E-state index contributed by atoms with van der Waals surface area (Å²) in [6, 6.07) is 10.7. The van der Waals surface area contributed by atoms with Crippen LogP contribution in [-0.2, 0) is 11.4 Å². The Kier molecular flexibility index (Phi) is 7.46. The SMILES string of the molecule is Nn1c(COc2ccc(F)cc2)nnc1SCC(=O)N(CC(F)(F)F)c1ccc(Cl)cc1. The molecule has 0 aliphatic carbocycles. The molecule has 1 aromatic heterocycles. The first kappa shape index (κ1) is 23.7. The van der Waals surface area contributed by atoms with Crippen LogP contribution in [0.1, 0.15) is 5.82 Å². The number of thioether (sulfide) groups is 1. The van der Waals surface area contributed by atoms with Crippen molar-refractivity contribution in [3.05, 3.63) is 65.2 Å². The largest absolute Gasteiger partial charge is 0.486 e. The quantitative estimate of drug-likeness (QED) is 0.292. The van der Waals surface area contributed by atoms with Gasteiger partial charge in [0.2, 0.25) is 11.1 Å². The number of hydrogen-bond donors (Lipinski definition) is 1. The monoisotopic (exact) mass is 489 g/mol. The first-order chi connectivity index (χ1) is 15.1. The van der Waals surface area contributed by atoms with Gasteiger partial charge < -0.3 is 15.5 Å². The number of alkyl halides is 3. The van der Waals surface area contributed by atoms with Crippen LogP contribution in [0.3, 0.4) is 0 Å². The van der Waals surface area contributed by atoms with Crippen LogP contribution in [0.15, 0.2) is 53.7 Å². The molecule has 0 spiro atoms. The third kappa shape index (κ3) is 6.50. The number of aromatic nitrogens is 3. The highest BCUT2D eigenvalue weighted by atomic mass is 35.5. The number of carbonyl (C=O) groups is 1. The van der Waals surface area contributed by atoms with Gasteiger partial charge >= 0.3 is 6.18 Å². The summed E-state index contributed by atoms with van der Waals surface area (Å²) >= 11 is 6.60. The van der Waals surface area contributed by atoms with Crippen molar-refractivity contribution in [3.8, 4) is 5.75 Å². The zero-order valence-electron chi connectivity index (χ0n) is 16.2. The second-order valence-electron chi connectivity index (χ2n) is 6.37. The molecule has 0 fully saturated rings. The minimum absolute atomic E-state index is 0.0555. The Morgan fingerprint density at radius 1 is 1.12 bits per heavy atom. The summed E-state index contributed by atoms with van der Waals surface area (Å²) in [7, 11) is 0. The Hall–Kier alpha value is -2.99. The lowest BCUT2D eigenvalue weighted by atomic mass is 10.3. The molecular formula is C19H16ClF4N5O2S. The van der Waals surface area contributed by atoms with E-state index >= 15 is 0 Å². The summed E-state index contributed by atoms with van der Waals surface area (Å²) in [5.74, 6) is 4.89. The second kappa shape index (κ2) is 10.1. The van der Waals surface area contributed by atoms with Crippen molar-refractivity contribution in [1.29, 1.82) is 0 Å². The number of ether oxygens (including phenoxy) is 1. The molecule has 2 N–H and O–H groups in total. The minimum Gasteiger partial charge on any atom is -0.486 e. The number of hydrogen-bond acceptors (Lipinski definition) is 6. The van der Waals surface area contributed by atoms with E-state index in [4.69, 9.17) is 22.2 Å². The fourth-order valence-corrected chi connectivity index (χ4v) is 3.39. The van der Waals surface area contributed by atoms with Crippen LogP contribution in [0.5, 0.6) is 5.75 Å². The lowest BCUT2D eigenvalue weighted by Gasteiger charge is -2.24. The van der Waals surface area contributed by atoms with Gasteiger partial charge in [-0.15, -0.1) is 10.2 Å². The molecule has 0 atom stereocenters. The Morgan fingerprint density at radius 3 is 2.41 bits per heavy atom. The zero-order valence-corrected chi connectivity index (χ0v) is 17.8. The summed E-state index contributed by atoms with van der Waals surface area (Å²) in [6.07, 6.45) is -4.60. The van der Waals surface area contributed by atoms with E-state index in [-0.39, 0.29) is 29.0 Å². The molecule has 2 aromatic carbocycles. The van der Waals surface area contributed by atoms with Crippen LogP contribution >= 0.6 is 23.4 Å². The van der Waals surface area contributed by atoms with Gasteiger partial charge in [0, 0.05) is 10.7 Å². The van der Waals surface area contributed by atoms with Gasteiger partial charge in [-0.3, -0.25) is 4.79 Å². The topological polar surface area (TPSA) is 86.3 Å². The fraction of sp³-hybridized carbons (Fsp3) is 0.211. The van der Waals surface area contributed by atoms with Crippen LogP contribution in [0.25, 0.3) is 0 Å². The Balaban J connectivity index is 1.64. The lowest BCUT2D eigenvalue weighted by Crippen LogP contribution is -2.40. The van der Waals surface area contributed by atoms with E-state index in [1.165, 1.54) is 48.5 Å². The maximum Gasteiger partial charge on any atom is 0.406 e. The summed E-state index contributed by atoms with van der Waals surface area (Å²) in [4.78, 5) is 13.2. The molecular weight excluding hydrogens is 474 g/mol. The number of carbonyl (C=O) groups excluding carboxylic acids is 1. The van der Waals surface area contributed by atoms with Crippen molar-refractivity contribution in [2.45, 2.75) is 17.9 Å². The zero-order chi connectivity index (χ0) is 23.3. The molecule has 13 heteroatoms. The first-order valence-electron chi connectivity index (χ1n) is 8.95. The van der Waals surface area contributed by atoms with Gasteiger partial charge in [-0.25, -0.2) is 9.07 Å². The molecule has 0 saturated heterocycles. The first-order valence-corrected chi connectivity index (χ1v) is 10.3.